The molecule has 0 aromatic heterocycles. The number of hydrogen-bond donors (Lipinski definition) is 1. The van der Waals surface area contributed by atoms with Crippen LogP contribution in [0.1, 0.15) is 18.4 Å². The summed E-state index contributed by atoms with van der Waals surface area (Å²) in [7, 11) is 0. The maximum Gasteiger partial charge on any atom is 0.120 e. The van der Waals surface area contributed by atoms with Crippen LogP contribution in [0, 0.1) is 0 Å². The monoisotopic (exact) mass is 387 g/mol. The molecule has 130 valence electrons. The topological polar surface area (TPSA) is 30.5 Å². The van der Waals surface area contributed by atoms with Gasteiger partial charge in [0.25, 0.3) is 0 Å². The number of ether oxygens (including phenoxy) is 2. The summed E-state index contributed by atoms with van der Waals surface area (Å²) in [6, 6.07) is 13.5. The average Bonchev–Trinajstić information content (AvgIpc) is 3.07. The summed E-state index contributed by atoms with van der Waals surface area (Å²) in [6.07, 6.45) is 2.41. The van der Waals surface area contributed by atoms with Gasteiger partial charge < -0.3 is 14.8 Å². The molecule has 1 aliphatic rings. The van der Waals surface area contributed by atoms with E-state index in [4.69, 9.17) is 32.7 Å². The van der Waals surface area contributed by atoms with Gasteiger partial charge in [-0.15, -0.1) is 12.4 Å². The van der Waals surface area contributed by atoms with Crippen molar-refractivity contribution in [1.82, 2.24) is 5.32 Å². The van der Waals surface area contributed by atoms with Crippen LogP contribution < -0.4 is 14.8 Å². The van der Waals surface area contributed by atoms with E-state index < -0.39 is 0 Å². The molecule has 1 atom stereocenters. The van der Waals surface area contributed by atoms with Crippen LogP contribution in [-0.2, 0) is 6.61 Å². The third-order valence-corrected chi connectivity index (χ3v) is 4.43. The van der Waals surface area contributed by atoms with Crippen LogP contribution in [0.25, 0.3) is 0 Å². The van der Waals surface area contributed by atoms with Crippen LogP contribution in [0.5, 0.6) is 11.5 Å². The molecule has 24 heavy (non-hydrogen) atoms. The molecule has 0 aliphatic carbocycles. The highest BCUT2D eigenvalue weighted by atomic mass is 35.5. The molecule has 1 aliphatic heterocycles. The lowest BCUT2D eigenvalue weighted by atomic mass is 10.2. The van der Waals surface area contributed by atoms with Crippen LogP contribution in [0.15, 0.2) is 42.5 Å². The van der Waals surface area contributed by atoms with E-state index in [1.807, 2.05) is 30.3 Å². The van der Waals surface area contributed by atoms with Gasteiger partial charge in [-0.2, -0.15) is 0 Å². The maximum atomic E-state index is 6.13. The molecule has 1 unspecified atom stereocenters. The van der Waals surface area contributed by atoms with Crippen LogP contribution in [-0.4, -0.2) is 19.2 Å². The van der Waals surface area contributed by atoms with Gasteiger partial charge in [-0.1, -0.05) is 29.3 Å². The Balaban J connectivity index is 0.00000208. The second-order valence-corrected chi connectivity index (χ2v) is 6.44. The first-order valence-electron chi connectivity index (χ1n) is 7.74. The molecule has 0 bridgehead atoms. The van der Waals surface area contributed by atoms with E-state index in [1.165, 1.54) is 12.8 Å². The first-order valence-corrected chi connectivity index (χ1v) is 8.49. The fraction of sp³-hybridized carbons (Fsp3) is 0.333. The molecule has 2 aromatic carbocycles. The van der Waals surface area contributed by atoms with Crippen LogP contribution in [0.3, 0.4) is 0 Å². The Labute approximate surface area is 158 Å². The Morgan fingerprint density at radius 3 is 2.33 bits per heavy atom. The number of hydrogen-bond acceptors (Lipinski definition) is 3. The van der Waals surface area contributed by atoms with Crippen molar-refractivity contribution in [3.8, 4) is 11.5 Å². The molecule has 0 saturated carbocycles. The van der Waals surface area contributed by atoms with Gasteiger partial charge in [0.2, 0.25) is 0 Å². The molecular weight excluding hydrogens is 369 g/mol. The van der Waals surface area contributed by atoms with Crippen molar-refractivity contribution in [2.24, 2.45) is 0 Å². The molecule has 1 saturated heterocycles. The van der Waals surface area contributed by atoms with Crippen molar-refractivity contribution in [1.29, 1.82) is 0 Å². The summed E-state index contributed by atoms with van der Waals surface area (Å²) in [4.78, 5) is 0. The molecule has 0 amide bonds. The zero-order chi connectivity index (χ0) is 16.1. The Morgan fingerprint density at radius 1 is 1.00 bits per heavy atom. The maximum absolute atomic E-state index is 6.13. The predicted octanol–water partition coefficient (Wildman–Crippen LogP) is 5.13. The number of nitrogens with one attached hydrogen (secondary N) is 1. The van der Waals surface area contributed by atoms with Crippen LogP contribution >= 0.6 is 35.6 Å². The fourth-order valence-electron chi connectivity index (χ4n) is 2.53. The van der Waals surface area contributed by atoms with E-state index in [2.05, 4.69) is 5.32 Å². The van der Waals surface area contributed by atoms with E-state index in [0.29, 0.717) is 29.3 Å². The van der Waals surface area contributed by atoms with E-state index in [1.54, 1.807) is 12.1 Å². The SMILES string of the molecule is Cl.Clc1ccc(COc2ccc(OCC3CCCN3)cc2)c(Cl)c1. The molecular formula is C18H20Cl3NO2. The molecule has 3 nitrogen and oxygen atoms in total. The Kier molecular flexibility index (Phi) is 7.50. The van der Waals surface area contributed by atoms with Gasteiger partial charge in [0, 0.05) is 21.7 Å². The van der Waals surface area contributed by atoms with Gasteiger partial charge in [-0.05, 0) is 55.8 Å². The summed E-state index contributed by atoms with van der Waals surface area (Å²) in [5.41, 5.74) is 0.906. The van der Waals surface area contributed by atoms with E-state index in [9.17, 15) is 0 Å². The number of halogens is 3. The summed E-state index contributed by atoms with van der Waals surface area (Å²) in [5, 5.41) is 4.65. The van der Waals surface area contributed by atoms with Gasteiger partial charge in [0.05, 0.1) is 0 Å². The molecule has 0 spiro atoms. The number of benzene rings is 2. The minimum Gasteiger partial charge on any atom is -0.492 e. The second-order valence-electron chi connectivity index (χ2n) is 5.60. The Morgan fingerprint density at radius 2 is 1.71 bits per heavy atom. The van der Waals surface area contributed by atoms with Crippen molar-refractivity contribution in [3.63, 3.8) is 0 Å². The lowest BCUT2D eigenvalue weighted by molar-refractivity contribution is 0.275. The summed E-state index contributed by atoms with van der Waals surface area (Å²) in [5.74, 6) is 1.64. The van der Waals surface area contributed by atoms with Gasteiger partial charge in [-0.25, -0.2) is 0 Å². The molecule has 0 radical (unpaired) electrons. The zero-order valence-electron chi connectivity index (χ0n) is 13.1. The largest absolute Gasteiger partial charge is 0.492 e. The normalized spacial score (nSPS) is 16.5. The number of rotatable bonds is 6. The molecule has 1 N–H and O–H groups in total. The van der Waals surface area contributed by atoms with Gasteiger partial charge in [0.15, 0.2) is 0 Å². The highest BCUT2D eigenvalue weighted by Crippen LogP contribution is 2.24. The third-order valence-electron chi connectivity index (χ3n) is 3.85. The molecule has 2 aromatic rings. The third kappa shape index (κ3) is 5.45. The lowest BCUT2D eigenvalue weighted by Gasteiger charge is -2.13. The molecule has 3 rings (SSSR count). The summed E-state index contributed by atoms with van der Waals surface area (Å²) in [6.45, 7) is 2.21. The predicted molar refractivity (Wildman–Crippen MR) is 101 cm³/mol. The van der Waals surface area contributed by atoms with Crippen LogP contribution in [0.2, 0.25) is 10.0 Å². The van der Waals surface area contributed by atoms with Crippen molar-refractivity contribution in [2.45, 2.75) is 25.5 Å². The van der Waals surface area contributed by atoms with Gasteiger partial charge in [-0.3, -0.25) is 0 Å². The fourth-order valence-corrected chi connectivity index (χ4v) is 2.99. The second kappa shape index (κ2) is 9.38. The van der Waals surface area contributed by atoms with Crippen LogP contribution in [0.4, 0.5) is 0 Å². The lowest BCUT2D eigenvalue weighted by Crippen LogP contribution is -2.28. The minimum atomic E-state index is 0. The van der Waals surface area contributed by atoms with Crippen molar-refractivity contribution in [3.05, 3.63) is 58.1 Å². The van der Waals surface area contributed by atoms with Crippen molar-refractivity contribution in [2.75, 3.05) is 13.2 Å². The highest BCUT2D eigenvalue weighted by Gasteiger charge is 2.14. The van der Waals surface area contributed by atoms with Gasteiger partial charge in [0.1, 0.15) is 24.7 Å². The van der Waals surface area contributed by atoms with E-state index in [-0.39, 0.29) is 12.4 Å². The van der Waals surface area contributed by atoms with Gasteiger partial charge >= 0.3 is 0 Å². The molecule has 1 fully saturated rings. The zero-order valence-corrected chi connectivity index (χ0v) is 15.5. The first kappa shape index (κ1) is 19.2. The highest BCUT2D eigenvalue weighted by molar-refractivity contribution is 6.35. The summed E-state index contributed by atoms with van der Waals surface area (Å²) >= 11 is 12.0. The standard InChI is InChI=1S/C18H19Cl2NO2.ClH/c19-14-4-3-13(18(20)10-14)11-22-16-5-7-17(8-6-16)23-12-15-2-1-9-21-15;/h3-8,10,15,21H,1-2,9,11-12H2;1H. The average molecular weight is 389 g/mol. The van der Waals surface area contributed by atoms with E-state index >= 15 is 0 Å². The summed E-state index contributed by atoms with van der Waals surface area (Å²) < 4.78 is 11.5. The molecule has 1 heterocycles. The molecule has 6 heteroatoms. The smallest absolute Gasteiger partial charge is 0.120 e. The Hall–Kier alpha value is -1.13. The van der Waals surface area contributed by atoms with E-state index in [0.717, 1.165) is 23.6 Å². The quantitative estimate of drug-likeness (QED) is 0.744. The Bertz CT molecular complexity index is 643. The first-order chi connectivity index (χ1) is 11.2. The van der Waals surface area contributed by atoms with Crippen molar-refractivity contribution >= 4 is 35.6 Å². The minimum absolute atomic E-state index is 0. The van der Waals surface area contributed by atoms with Crippen molar-refractivity contribution < 1.29 is 9.47 Å².